The third kappa shape index (κ3) is 2.68. The highest BCUT2D eigenvalue weighted by atomic mass is 16.5. The number of nitrogens with zero attached hydrogens (tertiary/aromatic N) is 1. The summed E-state index contributed by atoms with van der Waals surface area (Å²) in [5, 5.41) is 3.33. The van der Waals surface area contributed by atoms with Gasteiger partial charge in [-0.05, 0) is 43.0 Å². The molecular weight excluding hydrogens is 224 g/mol. The van der Waals surface area contributed by atoms with Crippen LogP contribution in [-0.2, 0) is 13.0 Å². The second-order valence-electron chi connectivity index (χ2n) is 5.62. The van der Waals surface area contributed by atoms with Gasteiger partial charge >= 0.3 is 0 Å². The Labute approximate surface area is 109 Å². The van der Waals surface area contributed by atoms with Crippen molar-refractivity contribution in [2.45, 2.75) is 19.4 Å². The average molecular weight is 246 g/mol. The summed E-state index contributed by atoms with van der Waals surface area (Å²) in [6.07, 6.45) is 2.32. The normalized spacial score (nSPS) is 19.2. The number of aryl methyl sites for hydroxylation is 1. The summed E-state index contributed by atoms with van der Waals surface area (Å²) in [6, 6.07) is 6.67. The van der Waals surface area contributed by atoms with E-state index in [0.717, 1.165) is 31.2 Å². The fraction of sp³-hybridized carbons (Fsp3) is 0.600. The maximum absolute atomic E-state index is 5.65. The summed E-state index contributed by atoms with van der Waals surface area (Å²) in [6.45, 7) is 5.48. The molecule has 0 bridgehead atoms. The molecule has 0 aliphatic carbocycles. The van der Waals surface area contributed by atoms with Crippen LogP contribution in [0.25, 0.3) is 0 Å². The van der Waals surface area contributed by atoms with E-state index < -0.39 is 0 Å². The zero-order valence-corrected chi connectivity index (χ0v) is 11.1. The van der Waals surface area contributed by atoms with Gasteiger partial charge in [-0.15, -0.1) is 0 Å². The predicted molar refractivity (Wildman–Crippen MR) is 73.0 cm³/mol. The van der Waals surface area contributed by atoms with Crippen molar-refractivity contribution in [3.63, 3.8) is 0 Å². The molecule has 0 amide bonds. The van der Waals surface area contributed by atoms with E-state index in [1.807, 2.05) is 0 Å². The molecule has 0 aromatic heterocycles. The Morgan fingerprint density at radius 2 is 2.28 bits per heavy atom. The molecule has 0 atom stereocenters. The van der Waals surface area contributed by atoms with Crippen molar-refractivity contribution in [1.29, 1.82) is 0 Å². The molecule has 1 aromatic carbocycles. The summed E-state index contributed by atoms with van der Waals surface area (Å²) in [7, 11) is 2.22. The first-order chi connectivity index (χ1) is 8.81. The second kappa shape index (κ2) is 5.29. The second-order valence-corrected chi connectivity index (χ2v) is 5.62. The van der Waals surface area contributed by atoms with E-state index in [9.17, 15) is 0 Å². The number of rotatable bonds is 4. The first-order valence-electron chi connectivity index (χ1n) is 6.95. The Kier molecular flexibility index (Phi) is 3.52. The minimum absolute atomic E-state index is 0.843. The van der Waals surface area contributed by atoms with Crippen molar-refractivity contribution in [3.05, 3.63) is 29.3 Å². The van der Waals surface area contributed by atoms with Crippen LogP contribution in [0.2, 0.25) is 0 Å². The maximum atomic E-state index is 5.65. The molecule has 0 spiro atoms. The average Bonchev–Trinajstić information content (AvgIpc) is 2.34. The van der Waals surface area contributed by atoms with Crippen LogP contribution < -0.4 is 10.1 Å². The third-order valence-electron chi connectivity index (χ3n) is 3.86. The quantitative estimate of drug-likeness (QED) is 0.874. The zero-order valence-electron chi connectivity index (χ0n) is 11.1. The number of fused-ring (bicyclic) bond motifs is 1. The van der Waals surface area contributed by atoms with Gasteiger partial charge in [0.25, 0.3) is 0 Å². The lowest BCUT2D eigenvalue weighted by Crippen LogP contribution is -2.47. The summed E-state index contributed by atoms with van der Waals surface area (Å²) in [5.74, 6) is 1.94. The van der Waals surface area contributed by atoms with Crippen LogP contribution in [0.5, 0.6) is 5.75 Å². The number of ether oxygens (including phenoxy) is 1. The largest absolute Gasteiger partial charge is 0.493 e. The molecular formula is C15H22N2O. The Hall–Kier alpha value is -1.06. The van der Waals surface area contributed by atoms with Crippen molar-refractivity contribution in [1.82, 2.24) is 10.2 Å². The van der Waals surface area contributed by atoms with Crippen molar-refractivity contribution >= 4 is 0 Å². The molecule has 98 valence electrons. The number of nitrogens with one attached hydrogen (secondary N) is 1. The monoisotopic (exact) mass is 246 g/mol. The Bertz CT molecular complexity index is 415. The van der Waals surface area contributed by atoms with Crippen LogP contribution >= 0.6 is 0 Å². The van der Waals surface area contributed by atoms with E-state index in [0.29, 0.717) is 0 Å². The lowest BCUT2D eigenvalue weighted by molar-refractivity contribution is 0.218. The van der Waals surface area contributed by atoms with Crippen molar-refractivity contribution < 1.29 is 4.74 Å². The van der Waals surface area contributed by atoms with E-state index in [1.165, 1.54) is 37.2 Å². The van der Waals surface area contributed by atoms with Crippen LogP contribution in [0, 0.1) is 5.92 Å². The molecule has 1 aromatic rings. The molecule has 1 N–H and O–H groups in total. The van der Waals surface area contributed by atoms with Gasteiger partial charge in [-0.3, -0.25) is 0 Å². The molecule has 3 nitrogen and oxygen atoms in total. The Morgan fingerprint density at radius 3 is 3.06 bits per heavy atom. The molecule has 2 aliphatic rings. The topological polar surface area (TPSA) is 24.5 Å². The fourth-order valence-electron chi connectivity index (χ4n) is 2.81. The van der Waals surface area contributed by atoms with Crippen LogP contribution in [0.3, 0.4) is 0 Å². The van der Waals surface area contributed by atoms with E-state index in [2.05, 4.69) is 35.5 Å². The van der Waals surface area contributed by atoms with E-state index in [1.54, 1.807) is 0 Å². The highest BCUT2D eigenvalue weighted by Gasteiger charge is 2.18. The molecule has 0 radical (unpaired) electrons. The summed E-state index contributed by atoms with van der Waals surface area (Å²) < 4.78 is 5.65. The molecule has 3 heteroatoms. The first kappa shape index (κ1) is 12.0. The zero-order chi connectivity index (χ0) is 12.4. The predicted octanol–water partition coefficient (Wildman–Crippen LogP) is 1.66. The molecule has 2 aliphatic heterocycles. The number of hydrogen-bond acceptors (Lipinski definition) is 3. The van der Waals surface area contributed by atoms with Gasteiger partial charge in [0.05, 0.1) is 6.61 Å². The van der Waals surface area contributed by atoms with Crippen molar-refractivity contribution in [3.8, 4) is 5.75 Å². The SMILES string of the molecule is CN(Cc1ccc2c(c1)CCCO2)CC1CNC1. The molecule has 2 heterocycles. The molecule has 0 saturated carbocycles. The van der Waals surface area contributed by atoms with E-state index in [-0.39, 0.29) is 0 Å². The molecule has 0 unspecified atom stereocenters. The van der Waals surface area contributed by atoms with Gasteiger partial charge in [0.15, 0.2) is 0 Å². The summed E-state index contributed by atoms with van der Waals surface area (Å²) in [4.78, 5) is 2.43. The van der Waals surface area contributed by atoms with Gasteiger partial charge in [0, 0.05) is 26.2 Å². The van der Waals surface area contributed by atoms with Crippen molar-refractivity contribution in [2.75, 3.05) is 33.3 Å². The van der Waals surface area contributed by atoms with Gasteiger partial charge in [0.1, 0.15) is 5.75 Å². The lowest BCUT2D eigenvalue weighted by atomic mass is 10.0. The number of hydrogen-bond donors (Lipinski definition) is 1. The standard InChI is InChI=1S/C15H22N2O/c1-17(11-13-8-16-9-13)10-12-4-5-15-14(7-12)3-2-6-18-15/h4-5,7,13,16H,2-3,6,8-11H2,1H3. The van der Waals surface area contributed by atoms with Crippen LogP contribution in [-0.4, -0.2) is 38.2 Å². The molecule has 1 fully saturated rings. The Balaban J connectivity index is 1.61. The van der Waals surface area contributed by atoms with Gasteiger partial charge in [0.2, 0.25) is 0 Å². The molecule has 3 rings (SSSR count). The van der Waals surface area contributed by atoms with E-state index in [4.69, 9.17) is 4.74 Å². The minimum atomic E-state index is 0.843. The summed E-state index contributed by atoms with van der Waals surface area (Å²) in [5.41, 5.74) is 2.80. The van der Waals surface area contributed by atoms with Gasteiger partial charge in [-0.1, -0.05) is 12.1 Å². The minimum Gasteiger partial charge on any atom is -0.493 e. The first-order valence-corrected chi connectivity index (χ1v) is 6.95. The van der Waals surface area contributed by atoms with Gasteiger partial charge in [-0.2, -0.15) is 0 Å². The van der Waals surface area contributed by atoms with E-state index >= 15 is 0 Å². The van der Waals surface area contributed by atoms with Gasteiger partial charge < -0.3 is 15.0 Å². The highest BCUT2D eigenvalue weighted by Crippen LogP contribution is 2.26. The van der Waals surface area contributed by atoms with Crippen LogP contribution in [0.1, 0.15) is 17.5 Å². The maximum Gasteiger partial charge on any atom is 0.122 e. The highest BCUT2D eigenvalue weighted by molar-refractivity contribution is 5.38. The molecule has 1 saturated heterocycles. The number of benzene rings is 1. The Morgan fingerprint density at radius 1 is 1.39 bits per heavy atom. The smallest absolute Gasteiger partial charge is 0.122 e. The van der Waals surface area contributed by atoms with Crippen LogP contribution in [0.4, 0.5) is 0 Å². The molecule has 18 heavy (non-hydrogen) atoms. The van der Waals surface area contributed by atoms with Crippen molar-refractivity contribution in [2.24, 2.45) is 5.92 Å². The van der Waals surface area contributed by atoms with Crippen LogP contribution in [0.15, 0.2) is 18.2 Å². The lowest BCUT2D eigenvalue weighted by Gasteiger charge is -2.31. The summed E-state index contributed by atoms with van der Waals surface area (Å²) >= 11 is 0. The third-order valence-corrected chi connectivity index (χ3v) is 3.86. The van der Waals surface area contributed by atoms with Gasteiger partial charge in [-0.25, -0.2) is 0 Å². The fourth-order valence-corrected chi connectivity index (χ4v) is 2.81.